The number of carbonyl (C=O) groups excluding carboxylic acids is 1. The highest BCUT2D eigenvalue weighted by atomic mass is 16.3. The number of amides is 1. The van der Waals surface area contributed by atoms with Gasteiger partial charge in [0.2, 0.25) is 5.91 Å². The van der Waals surface area contributed by atoms with Crippen molar-refractivity contribution >= 4 is 5.91 Å². The number of aliphatic hydroxyl groups excluding tert-OH is 2. The third kappa shape index (κ3) is 55.8. The molecule has 0 aliphatic heterocycles. The second kappa shape index (κ2) is 60.2. The molecule has 68 heavy (non-hydrogen) atoms. The smallest absolute Gasteiger partial charge is 0.220 e. The van der Waals surface area contributed by atoms with Crippen molar-refractivity contribution in [3.05, 3.63) is 24.3 Å². The van der Waals surface area contributed by atoms with Crippen LogP contribution in [-0.4, -0.2) is 34.9 Å². The first-order valence-electron chi connectivity index (χ1n) is 31.6. The summed E-state index contributed by atoms with van der Waals surface area (Å²) in [5, 5.41) is 23.1. The first-order valence-corrected chi connectivity index (χ1v) is 31.6. The molecular formula is C64H125NO3. The number of rotatable bonds is 59. The molecule has 0 aromatic carbocycles. The largest absolute Gasteiger partial charge is 0.394 e. The Labute approximate surface area is 428 Å². The molecule has 0 spiro atoms. The first-order chi connectivity index (χ1) is 33.7. The zero-order chi connectivity index (χ0) is 49.2. The van der Waals surface area contributed by atoms with E-state index in [4.69, 9.17) is 0 Å². The van der Waals surface area contributed by atoms with Crippen LogP contribution in [0.5, 0.6) is 0 Å². The van der Waals surface area contributed by atoms with Crippen molar-refractivity contribution in [2.45, 2.75) is 373 Å². The molecule has 0 heterocycles. The maximum atomic E-state index is 12.5. The van der Waals surface area contributed by atoms with Crippen LogP contribution in [0.3, 0.4) is 0 Å². The van der Waals surface area contributed by atoms with Crippen LogP contribution in [-0.2, 0) is 4.79 Å². The lowest BCUT2D eigenvalue weighted by molar-refractivity contribution is -0.123. The third-order valence-electron chi connectivity index (χ3n) is 14.9. The molecule has 0 aromatic rings. The Kier molecular flexibility index (Phi) is 59.2. The van der Waals surface area contributed by atoms with Crippen LogP contribution in [0.25, 0.3) is 0 Å². The monoisotopic (exact) mass is 956 g/mol. The van der Waals surface area contributed by atoms with Gasteiger partial charge in [-0.25, -0.2) is 0 Å². The van der Waals surface area contributed by atoms with Crippen LogP contribution in [0.1, 0.15) is 361 Å². The van der Waals surface area contributed by atoms with E-state index < -0.39 is 12.1 Å². The number of nitrogens with one attached hydrogen (secondary N) is 1. The summed E-state index contributed by atoms with van der Waals surface area (Å²) in [7, 11) is 0. The Bertz CT molecular complexity index is 994. The van der Waals surface area contributed by atoms with Crippen LogP contribution in [0, 0.1) is 0 Å². The molecule has 404 valence electrons. The Balaban J connectivity index is 3.36. The summed E-state index contributed by atoms with van der Waals surface area (Å²) in [4.78, 5) is 12.5. The molecule has 0 aromatic heterocycles. The Morgan fingerprint density at radius 1 is 0.338 bits per heavy atom. The number of aliphatic hydroxyl groups is 2. The molecule has 0 saturated carbocycles. The van der Waals surface area contributed by atoms with Gasteiger partial charge in [-0.15, -0.1) is 0 Å². The molecule has 0 aliphatic carbocycles. The standard InChI is InChI=1S/C64H125NO3/c1-3-5-7-9-11-13-15-17-19-21-22-23-24-25-26-27-28-29-30-31-32-33-34-35-36-37-38-39-40-41-42-43-44-46-48-50-52-54-56-58-60-64(68)65-62(61-66)63(67)59-57-55-53-51-49-47-45-20-18-16-14-12-10-8-6-4-2/h49,51,57,59,62-63,66-67H,3-48,50,52-56,58,60-61H2,1-2H3,(H,65,68)/b51-49+,59-57+. The molecule has 0 saturated heterocycles. The van der Waals surface area contributed by atoms with Crippen LogP contribution in [0.4, 0.5) is 0 Å². The van der Waals surface area contributed by atoms with Gasteiger partial charge in [0.1, 0.15) is 0 Å². The van der Waals surface area contributed by atoms with Gasteiger partial charge < -0.3 is 15.5 Å². The zero-order valence-corrected chi connectivity index (χ0v) is 46.7. The topological polar surface area (TPSA) is 69.6 Å². The molecule has 0 aliphatic rings. The molecular weight excluding hydrogens is 831 g/mol. The Morgan fingerprint density at radius 2 is 0.574 bits per heavy atom. The van der Waals surface area contributed by atoms with E-state index in [0.29, 0.717) is 6.42 Å². The summed E-state index contributed by atoms with van der Waals surface area (Å²) in [5.41, 5.74) is 0. The summed E-state index contributed by atoms with van der Waals surface area (Å²) in [6.45, 7) is 4.33. The first kappa shape index (κ1) is 66.9. The molecule has 4 heteroatoms. The average Bonchev–Trinajstić information content (AvgIpc) is 3.34. The van der Waals surface area contributed by atoms with Crippen molar-refractivity contribution < 1.29 is 15.0 Å². The number of hydrogen-bond donors (Lipinski definition) is 3. The molecule has 0 radical (unpaired) electrons. The summed E-state index contributed by atoms with van der Waals surface area (Å²) < 4.78 is 0. The number of hydrogen-bond acceptors (Lipinski definition) is 3. The molecule has 4 nitrogen and oxygen atoms in total. The van der Waals surface area contributed by atoms with Gasteiger partial charge in [-0.05, 0) is 32.1 Å². The van der Waals surface area contributed by atoms with Gasteiger partial charge in [-0.3, -0.25) is 4.79 Å². The van der Waals surface area contributed by atoms with Crippen LogP contribution in [0.2, 0.25) is 0 Å². The molecule has 0 rings (SSSR count). The van der Waals surface area contributed by atoms with Crippen molar-refractivity contribution in [1.82, 2.24) is 5.32 Å². The zero-order valence-electron chi connectivity index (χ0n) is 46.7. The van der Waals surface area contributed by atoms with Crippen LogP contribution in [0.15, 0.2) is 24.3 Å². The van der Waals surface area contributed by atoms with E-state index in [0.717, 1.165) is 32.1 Å². The maximum absolute atomic E-state index is 12.5. The molecule has 0 fully saturated rings. The van der Waals surface area contributed by atoms with E-state index in [9.17, 15) is 15.0 Å². The molecule has 0 bridgehead atoms. The molecule has 2 unspecified atom stereocenters. The van der Waals surface area contributed by atoms with Crippen molar-refractivity contribution in [2.24, 2.45) is 0 Å². The van der Waals surface area contributed by atoms with Crippen molar-refractivity contribution in [2.75, 3.05) is 6.61 Å². The second-order valence-electron chi connectivity index (χ2n) is 21.8. The van der Waals surface area contributed by atoms with Gasteiger partial charge in [0.25, 0.3) is 0 Å². The van der Waals surface area contributed by atoms with E-state index in [-0.39, 0.29) is 12.5 Å². The van der Waals surface area contributed by atoms with E-state index in [1.807, 2.05) is 6.08 Å². The summed E-state index contributed by atoms with van der Waals surface area (Å²) in [6, 6.07) is -0.636. The minimum Gasteiger partial charge on any atom is -0.394 e. The summed E-state index contributed by atoms with van der Waals surface area (Å²) in [5.74, 6) is -0.0666. The highest BCUT2D eigenvalue weighted by molar-refractivity contribution is 5.76. The highest BCUT2D eigenvalue weighted by Crippen LogP contribution is 2.19. The fraction of sp³-hybridized carbons (Fsp3) is 0.922. The lowest BCUT2D eigenvalue weighted by atomic mass is 10.0. The van der Waals surface area contributed by atoms with Gasteiger partial charge in [-0.1, -0.05) is 346 Å². The minimum atomic E-state index is -0.859. The minimum absolute atomic E-state index is 0.0666. The van der Waals surface area contributed by atoms with Gasteiger partial charge >= 0.3 is 0 Å². The van der Waals surface area contributed by atoms with E-state index in [2.05, 4.69) is 31.3 Å². The van der Waals surface area contributed by atoms with Crippen molar-refractivity contribution in [3.8, 4) is 0 Å². The number of allylic oxidation sites excluding steroid dienone is 3. The van der Waals surface area contributed by atoms with E-state index in [1.165, 1.54) is 308 Å². The van der Waals surface area contributed by atoms with Gasteiger partial charge in [0, 0.05) is 6.42 Å². The maximum Gasteiger partial charge on any atom is 0.220 e. The quantitative estimate of drug-likeness (QED) is 0.0420. The number of carbonyl (C=O) groups is 1. The third-order valence-corrected chi connectivity index (χ3v) is 14.9. The Hall–Kier alpha value is -1.13. The highest BCUT2D eigenvalue weighted by Gasteiger charge is 2.18. The fourth-order valence-corrected chi connectivity index (χ4v) is 10.1. The Morgan fingerprint density at radius 3 is 0.853 bits per heavy atom. The predicted molar refractivity (Wildman–Crippen MR) is 304 cm³/mol. The summed E-state index contributed by atoms with van der Waals surface area (Å²) in [6.07, 6.45) is 81.1. The normalized spacial score (nSPS) is 12.8. The van der Waals surface area contributed by atoms with E-state index in [1.54, 1.807) is 6.08 Å². The van der Waals surface area contributed by atoms with Gasteiger partial charge in [0.05, 0.1) is 18.8 Å². The molecule has 3 N–H and O–H groups in total. The summed E-state index contributed by atoms with van der Waals surface area (Å²) >= 11 is 0. The second-order valence-corrected chi connectivity index (χ2v) is 21.8. The van der Waals surface area contributed by atoms with Crippen molar-refractivity contribution in [1.29, 1.82) is 0 Å². The molecule has 1 amide bonds. The van der Waals surface area contributed by atoms with Gasteiger partial charge in [0.15, 0.2) is 0 Å². The lowest BCUT2D eigenvalue weighted by Gasteiger charge is -2.19. The number of unbranched alkanes of at least 4 members (excludes halogenated alkanes) is 50. The van der Waals surface area contributed by atoms with Crippen LogP contribution < -0.4 is 5.32 Å². The SMILES string of the molecule is CCCCCCCCCCCC/C=C/CC/C=C/C(O)C(CO)NC(=O)CCCCCCCCCCCCCCCCCCCCCCCCCCCCCCCCCCCCCCCCCC. The van der Waals surface area contributed by atoms with Crippen molar-refractivity contribution in [3.63, 3.8) is 0 Å². The van der Waals surface area contributed by atoms with Gasteiger partial charge in [-0.2, -0.15) is 0 Å². The van der Waals surface area contributed by atoms with E-state index >= 15 is 0 Å². The van der Waals surface area contributed by atoms with Crippen LogP contribution >= 0.6 is 0 Å². The average molecular weight is 957 g/mol. The fourth-order valence-electron chi connectivity index (χ4n) is 10.1. The lowest BCUT2D eigenvalue weighted by Crippen LogP contribution is -2.45. The molecule has 2 atom stereocenters. The predicted octanol–water partition coefficient (Wildman–Crippen LogP) is 21.0.